The van der Waals surface area contributed by atoms with Crippen molar-refractivity contribution in [2.45, 2.75) is 12.8 Å². The van der Waals surface area contributed by atoms with Gasteiger partial charge in [-0.3, -0.25) is 4.79 Å². The summed E-state index contributed by atoms with van der Waals surface area (Å²) >= 11 is 0. The van der Waals surface area contributed by atoms with E-state index in [0.717, 1.165) is 0 Å². The normalized spacial score (nSPS) is 32.3. The fourth-order valence-electron chi connectivity index (χ4n) is 0.956. The highest BCUT2D eigenvalue weighted by Gasteiger charge is 2.32. The summed E-state index contributed by atoms with van der Waals surface area (Å²) < 4.78 is 0. The molecule has 48 valence electrons. The lowest BCUT2D eigenvalue weighted by Gasteiger charge is -2.27. The molecule has 0 bridgehead atoms. The Bertz CT molecular complexity index is 164. The molecular formula is C6H8N2O. The van der Waals surface area contributed by atoms with Crippen molar-refractivity contribution in [2.75, 3.05) is 0 Å². The van der Waals surface area contributed by atoms with Crippen LogP contribution in [-0.4, -0.2) is 5.91 Å². The van der Waals surface area contributed by atoms with Gasteiger partial charge in [-0.05, 0) is 12.8 Å². The predicted molar refractivity (Wildman–Crippen MR) is 31.0 cm³/mol. The minimum Gasteiger partial charge on any atom is -0.369 e. The Kier molecular flexibility index (Phi) is 1.39. The summed E-state index contributed by atoms with van der Waals surface area (Å²) in [5.74, 6) is -0.196. The lowest BCUT2D eigenvalue weighted by Crippen LogP contribution is -2.34. The van der Waals surface area contributed by atoms with Gasteiger partial charge in [0.15, 0.2) is 0 Å². The third kappa shape index (κ3) is 1.02. The van der Waals surface area contributed by atoms with E-state index in [1.807, 2.05) is 0 Å². The quantitative estimate of drug-likeness (QED) is 0.535. The summed E-state index contributed by atoms with van der Waals surface area (Å²) in [6.07, 6.45) is 1.34. The van der Waals surface area contributed by atoms with Crippen LogP contribution in [0.4, 0.5) is 0 Å². The van der Waals surface area contributed by atoms with Gasteiger partial charge in [0.25, 0.3) is 0 Å². The van der Waals surface area contributed by atoms with Gasteiger partial charge in [-0.25, -0.2) is 0 Å². The smallest absolute Gasteiger partial charge is 0.220 e. The van der Waals surface area contributed by atoms with Crippen LogP contribution in [0.15, 0.2) is 0 Å². The second-order valence-electron chi connectivity index (χ2n) is 2.40. The minimum atomic E-state index is -0.262. The largest absolute Gasteiger partial charge is 0.369 e. The van der Waals surface area contributed by atoms with E-state index < -0.39 is 0 Å². The first-order valence-corrected chi connectivity index (χ1v) is 2.93. The second-order valence-corrected chi connectivity index (χ2v) is 2.40. The molecule has 0 aromatic rings. The van der Waals surface area contributed by atoms with Crippen LogP contribution in [0.1, 0.15) is 12.8 Å². The molecule has 1 amide bonds. The summed E-state index contributed by atoms with van der Waals surface area (Å²) in [6.45, 7) is 0. The van der Waals surface area contributed by atoms with Crippen molar-refractivity contribution in [3.8, 4) is 6.07 Å². The van der Waals surface area contributed by atoms with Crippen LogP contribution in [0.3, 0.4) is 0 Å². The van der Waals surface area contributed by atoms with Gasteiger partial charge in [-0.15, -0.1) is 0 Å². The van der Waals surface area contributed by atoms with Gasteiger partial charge >= 0.3 is 0 Å². The van der Waals surface area contributed by atoms with Crippen molar-refractivity contribution in [3.63, 3.8) is 0 Å². The minimum absolute atomic E-state index is 0.0188. The van der Waals surface area contributed by atoms with Crippen molar-refractivity contribution in [3.05, 3.63) is 0 Å². The molecule has 1 fully saturated rings. The van der Waals surface area contributed by atoms with Crippen molar-refractivity contribution in [2.24, 2.45) is 17.6 Å². The molecule has 1 saturated carbocycles. The van der Waals surface area contributed by atoms with Crippen LogP contribution in [0.5, 0.6) is 0 Å². The number of rotatable bonds is 1. The third-order valence-corrected chi connectivity index (χ3v) is 1.72. The monoisotopic (exact) mass is 124 g/mol. The zero-order valence-electron chi connectivity index (χ0n) is 5.00. The zero-order valence-corrected chi connectivity index (χ0v) is 5.00. The number of primary amides is 1. The van der Waals surface area contributed by atoms with Crippen molar-refractivity contribution < 1.29 is 4.79 Å². The molecule has 0 aromatic carbocycles. The number of nitrogens with two attached hydrogens (primary N) is 1. The van der Waals surface area contributed by atoms with Crippen molar-refractivity contribution >= 4 is 5.91 Å². The lowest BCUT2D eigenvalue weighted by molar-refractivity contribution is -0.124. The molecule has 3 nitrogen and oxygen atoms in total. The Morgan fingerprint density at radius 3 is 2.56 bits per heavy atom. The van der Waals surface area contributed by atoms with Gasteiger partial charge in [-0.2, -0.15) is 5.26 Å². The number of carbonyl (C=O) groups excluding carboxylic acids is 1. The molecule has 0 spiro atoms. The first-order chi connectivity index (χ1) is 4.24. The maximum atomic E-state index is 10.4. The van der Waals surface area contributed by atoms with E-state index >= 15 is 0 Å². The second kappa shape index (κ2) is 2.06. The summed E-state index contributed by atoms with van der Waals surface area (Å²) in [7, 11) is 0. The van der Waals surface area contributed by atoms with E-state index in [-0.39, 0.29) is 17.7 Å². The highest BCUT2D eigenvalue weighted by atomic mass is 16.1. The molecule has 2 N–H and O–H groups in total. The van der Waals surface area contributed by atoms with Crippen LogP contribution < -0.4 is 5.73 Å². The average molecular weight is 124 g/mol. The third-order valence-electron chi connectivity index (χ3n) is 1.72. The first-order valence-electron chi connectivity index (χ1n) is 2.93. The molecule has 0 radical (unpaired) electrons. The fraction of sp³-hybridized carbons (Fsp3) is 0.667. The number of hydrogen-bond acceptors (Lipinski definition) is 2. The van der Waals surface area contributed by atoms with Gasteiger partial charge in [-0.1, -0.05) is 0 Å². The van der Waals surface area contributed by atoms with E-state index in [0.29, 0.717) is 12.8 Å². The number of hydrogen-bond donors (Lipinski definition) is 1. The number of carbonyl (C=O) groups is 1. The van der Waals surface area contributed by atoms with Crippen LogP contribution >= 0.6 is 0 Å². The maximum absolute atomic E-state index is 10.4. The average Bonchev–Trinajstić information content (AvgIpc) is 1.61. The molecule has 0 aromatic heterocycles. The molecule has 1 rings (SSSR count). The Morgan fingerprint density at radius 2 is 2.22 bits per heavy atom. The van der Waals surface area contributed by atoms with E-state index in [4.69, 9.17) is 11.0 Å². The molecule has 3 heteroatoms. The Labute approximate surface area is 53.5 Å². The zero-order chi connectivity index (χ0) is 6.85. The maximum Gasteiger partial charge on any atom is 0.220 e. The summed E-state index contributed by atoms with van der Waals surface area (Å²) in [5.41, 5.74) is 4.97. The topological polar surface area (TPSA) is 66.9 Å². The van der Waals surface area contributed by atoms with E-state index in [1.165, 1.54) is 0 Å². The molecule has 0 aliphatic heterocycles. The van der Waals surface area contributed by atoms with Gasteiger partial charge in [0.1, 0.15) is 0 Å². The van der Waals surface area contributed by atoms with Crippen molar-refractivity contribution in [1.82, 2.24) is 0 Å². The lowest BCUT2D eigenvalue weighted by atomic mass is 9.75. The molecule has 1 aliphatic rings. The fourth-order valence-corrected chi connectivity index (χ4v) is 0.956. The Morgan fingerprint density at radius 1 is 1.67 bits per heavy atom. The number of nitrogens with zero attached hydrogens (tertiary/aromatic N) is 1. The molecule has 0 heterocycles. The van der Waals surface area contributed by atoms with Crippen LogP contribution in [0.2, 0.25) is 0 Å². The molecule has 0 unspecified atom stereocenters. The van der Waals surface area contributed by atoms with Gasteiger partial charge in [0.05, 0.1) is 6.07 Å². The Hall–Kier alpha value is -1.04. The molecule has 0 atom stereocenters. The number of nitriles is 1. The highest BCUT2D eigenvalue weighted by Crippen LogP contribution is 2.32. The Balaban J connectivity index is 2.29. The molecule has 9 heavy (non-hydrogen) atoms. The van der Waals surface area contributed by atoms with Gasteiger partial charge in [0, 0.05) is 11.8 Å². The molecule has 1 aliphatic carbocycles. The number of amides is 1. The summed E-state index contributed by atoms with van der Waals surface area (Å²) in [4.78, 5) is 10.4. The SMILES string of the molecule is N#CC1CC(C(N)=O)C1. The van der Waals surface area contributed by atoms with Crippen LogP contribution in [0.25, 0.3) is 0 Å². The predicted octanol–water partition coefficient (Wildman–Crippen LogP) is 0.0215. The van der Waals surface area contributed by atoms with E-state index in [9.17, 15) is 4.79 Å². The van der Waals surface area contributed by atoms with E-state index in [2.05, 4.69) is 6.07 Å². The molecule has 0 saturated heterocycles. The van der Waals surface area contributed by atoms with Crippen molar-refractivity contribution in [1.29, 1.82) is 5.26 Å². The van der Waals surface area contributed by atoms with Crippen LogP contribution in [0, 0.1) is 23.2 Å². The first kappa shape index (κ1) is 6.09. The standard InChI is InChI=1S/C6H8N2O/c7-3-4-1-5(2-4)6(8)9/h4-5H,1-2H2,(H2,8,9). The van der Waals surface area contributed by atoms with Crippen LogP contribution in [-0.2, 0) is 4.79 Å². The van der Waals surface area contributed by atoms with E-state index in [1.54, 1.807) is 0 Å². The molecular weight excluding hydrogens is 116 g/mol. The van der Waals surface area contributed by atoms with Gasteiger partial charge in [0.2, 0.25) is 5.91 Å². The highest BCUT2D eigenvalue weighted by molar-refractivity contribution is 5.77. The summed E-state index contributed by atoms with van der Waals surface area (Å²) in [6, 6.07) is 2.08. The van der Waals surface area contributed by atoms with Gasteiger partial charge < -0.3 is 5.73 Å². The summed E-state index contributed by atoms with van der Waals surface area (Å²) in [5, 5.41) is 8.28.